The van der Waals surface area contributed by atoms with Gasteiger partial charge in [0, 0.05) is 44.4 Å². The summed E-state index contributed by atoms with van der Waals surface area (Å²) in [7, 11) is 0. The fraction of sp³-hybridized carbons (Fsp3) is 0.300. The van der Waals surface area contributed by atoms with Crippen LogP contribution in [0.25, 0.3) is 16.7 Å². The van der Waals surface area contributed by atoms with Crippen LogP contribution in [0.1, 0.15) is 12.5 Å². The van der Waals surface area contributed by atoms with E-state index in [0.717, 1.165) is 49.9 Å². The molecule has 1 aliphatic rings. The molecule has 0 saturated carbocycles. The van der Waals surface area contributed by atoms with E-state index in [1.54, 1.807) is 0 Å². The van der Waals surface area contributed by atoms with Crippen LogP contribution >= 0.6 is 0 Å². The van der Waals surface area contributed by atoms with E-state index in [1.807, 2.05) is 24.3 Å². The first-order valence-electron chi connectivity index (χ1n) is 8.29. The Balaban J connectivity index is 1.71. The molecule has 2 aromatic rings. The number of allylic oxidation sites excluding steroid dienone is 1. The third-order valence-corrected chi connectivity index (χ3v) is 4.45. The molecule has 1 N–H and O–H groups in total. The number of hydrogen-bond donors (Lipinski definition) is 1. The Hall–Kier alpha value is -2.04. The fourth-order valence-electron chi connectivity index (χ4n) is 2.91. The van der Waals surface area contributed by atoms with E-state index in [0.29, 0.717) is 5.56 Å². The minimum atomic E-state index is -0.556. The van der Waals surface area contributed by atoms with Crippen molar-refractivity contribution in [2.75, 3.05) is 32.7 Å². The van der Waals surface area contributed by atoms with Gasteiger partial charge in [0.1, 0.15) is 11.6 Å². The third-order valence-electron chi connectivity index (χ3n) is 4.45. The number of piperazine rings is 1. The molecule has 0 spiro atoms. The van der Waals surface area contributed by atoms with Crippen molar-refractivity contribution in [1.29, 1.82) is 0 Å². The Morgan fingerprint density at radius 3 is 2.46 bits per heavy atom. The molecule has 0 bridgehead atoms. The average molecular weight is 328 g/mol. The van der Waals surface area contributed by atoms with Crippen LogP contribution in [0.3, 0.4) is 0 Å². The minimum absolute atomic E-state index is 0.422. The molecule has 1 aliphatic heterocycles. The van der Waals surface area contributed by atoms with Crippen molar-refractivity contribution >= 4 is 5.57 Å². The maximum absolute atomic E-state index is 13.9. The van der Waals surface area contributed by atoms with Crippen LogP contribution < -0.4 is 5.32 Å². The predicted molar refractivity (Wildman–Crippen MR) is 94.8 cm³/mol. The van der Waals surface area contributed by atoms with Gasteiger partial charge in [0.2, 0.25) is 0 Å². The van der Waals surface area contributed by atoms with Gasteiger partial charge >= 0.3 is 0 Å². The summed E-state index contributed by atoms with van der Waals surface area (Å²) in [5.74, 6) is -1.09. The van der Waals surface area contributed by atoms with E-state index in [2.05, 4.69) is 23.2 Å². The number of nitrogens with one attached hydrogen (secondary N) is 1. The van der Waals surface area contributed by atoms with Crippen LogP contribution in [0.2, 0.25) is 0 Å². The lowest BCUT2D eigenvalue weighted by Gasteiger charge is -2.26. The molecular formula is C20H22F2N2. The summed E-state index contributed by atoms with van der Waals surface area (Å²) in [6, 6.07) is 11.4. The Morgan fingerprint density at radius 2 is 1.79 bits per heavy atom. The molecule has 1 heterocycles. The van der Waals surface area contributed by atoms with E-state index in [4.69, 9.17) is 0 Å². The van der Waals surface area contributed by atoms with E-state index < -0.39 is 11.6 Å². The first-order valence-corrected chi connectivity index (χ1v) is 8.29. The Morgan fingerprint density at radius 1 is 1.08 bits per heavy atom. The Labute approximate surface area is 141 Å². The summed E-state index contributed by atoms with van der Waals surface area (Å²) in [6.07, 6.45) is 2.23. The van der Waals surface area contributed by atoms with Gasteiger partial charge in [-0.1, -0.05) is 30.3 Å². The third kappa shape index (κ3) is 4.08. The van der Waals surface area contributed by atoms with Crippen molar-refractivity contribution in [3.05, 3.63) is 65.7 Å². The molecule has 2 aromatic carbocycles. The van der Waals surface area contributed by atoms with Gasteiger partial charge in [-0.2, -0.15) is 0 Å². The highest BCUT2D eigenvalue weighted by Crippen LogP contribution is 2.25. The van der Waals surface area contributed by atoms with Crippen molar-refractivity contribution in [2.24, 2.45) is 0 Å². The van der Waals surface area contributed by atoms with Gasteiger partial charge in [0.05, 0.1) is 0 Å². The van der Waals surface area contributed by atoms with Gasteiger partial charge < -0.3 is 5.32 Å². The zero-order valence-corrected chi connectivity index (χ0v) is 13.9. The highest BCUT2D eigenvalue weighted by atomic mass is 19.1. The SMILES string of the molecule is CC(=CCN1CCNCC1)c1ccc(-c2ccc(F)cc2F)cc1. The highest BCUT2D eigenvalue weighted by molar-refractivity contribution is 5.70. The maximum Gasteiger partial charge on any atom is 0.133 e. The molecule has 0 atom stereocenters. The number of halogens is 2. The van der Waals surface area contributed by atoms with Crippen molar-refractivity contribution in [2.45, 2.75) is 6.92 Å². The summed E-state index contributed by atoms with van der Waals surface area (Å²) >= 11 is 0. The number of nitrogens with zero attached hydrogens (tertiary/aromatic N) is 1. The summed E-state index contributed by atoms with van der Waals surface area (Å²) in [4.78, 5) is 2.42. The lowest BCUT2D eigenvalue weighted by atomic mass is 10.0. The van der Waals surface area contributed by atoms with Crippen LogP contribution in [0.5, 0.6) is 0 Å². The lowest BCUT2D eigenvalue weighted by Crippen LogP contribution is -2.43. The second-order valence-electron chi connectivity index (χ2n) is 6.14. The summed E-state index contributed by atoms with van der Waals surface area (Å²) in [6.45, 7) is 7.28. The Kier molecular flexibility index (Phi) is 5.38. The zero-order chi connectivity index (χ0) is 16.9. The number of benzene rings is 2. The predicted octanol–water partition coefficient (Wildman–Crippen LogP) is 3.94. The van der Waals surface area contributed by atoms with E-state index in [9.17, 15) is 8.78 Å². The lowest BCUT2D eigenvalue weighted by molar-refractivity contribution is 0.265. The monoisotopic (exact) mass is 328 g/mol. The molecule has 3 rings (SSSR count). The van der Waals surface area contributed by atoms with Gasteiger partial charge in [-0.15, -0.1) is 0 Å². The molecule has 24 heavy (non-hydrogen) atoms. The summed E-state index contributed by atoms with van der Waals surface area (Å²) in [5.41, 5.74) is 3.51. The molecule has 126 valence electrons. The van der Waals surface area contributed by atoms with Gasteiger partial charge in [-0.25, -0.2) is 8.78 Å². The molecule has 2 nitrogen and oxygen atoms in total. The summed E-state index contributed by atoms with van der Waals surface area (Å²) < 4.78 is 26.9. The molecule has 0 radical (unpaired) electrons. The molecule has 0 amide bonds. The van der Waals surface area contributed by atoms with Crippen LogP contribution in [-0.2, 0) is 0 Å². The number of hydrogen-bond acceptors (Lipinski definition) is 2. The van der Waals surface area contributed by atoms with Gasteiger partial charge in [0.25, 0.3) is 0 Å². The first-order chi connectivity index (χ1) is 11.6. The minimum Gasteiger partial charge on any atom is -0.314 e. The van der Waals surface area contributed by atoms with Crippen molar-refractivity contribution in [3.63, 3.8) is 0 Å². The zero-order valence-electron chi connectivity index (χ0n) is 13.9. The summed E-state index contributed by atoms with van der Waals surface area (Å²) in [5, 5.41) is 3.35. The van der Waals surface area contributed by atoms with Crippen LogP contribution in [0.4, 0.5) is 8.78 Å². The molecule has 0 aliphatic carbocycles. The van der Waals surface area contributed by atoms with E-state index >= 15 is 0 Å². The average Bonchev–Trinajstić information content (AvgIpc) is 2.61. The van der Waals surface area contributed by atoms with Gasteiger partial charge in [-0.3, -0.25) is 4.90 Å². The van der Waals surface area contributed by atoms with Gasteiger partial charge in [0.15, 0.2) is 0 Å². The molecule has 4 heteroatoms. The van der Waals surface area contributed by atoms with E-state index in [1.165, 1.54) is 17.7 Å². The smallest absolute Gasteiger partial charge is 0.133 e. The molecule has 1 fully saturated rings. The topological polar surface area (TPSA) is 15.3 Å². The van der Waals surface area contributed by atoms with Crippen LogP contribution in [0.15, 0.2) is 48.5 Å². The van der Waals surface area contributed by atoms with E-state index in [-0.39, 0.29) is 0 Å². The van der Waals surface area contributed by atoms with Crippen molar-refractivity contribution < 1.29 is 8.78 Å². The quantitative estimate of drug-likeness (QED) is 0.914. The highest BCUT2D eigenvalue weighted by Gasteiger charge is 2.09. The van der Waals surface area contributed by atoms with Crippen LogP contribution in [0, 0.1) is 11.6 Å². The fourth-order valence-corrected chi connectivity index (χ4v) is 2.91. The van der Waals surface area contributed by atoms with Gasteiger partial charge in [-0.05, 0) is 35.8 Å². The normalized spacial score (nSPS) is 16.4. The molecule has 0 unspecified atom stereocenters. The van der Waals surface area contributed by atoms with Crippen LogP contribution in [-0.4, -0.2) is 37.6 Å². The molecule has 0 aromatic heterocycles. The second-order valence-corrected chi connectivity index (χ2v) is 6.14. The number of rotatable bonds is 4. The largest absolute Gasteiger partial charge is 0.314 e. The van der Waals surface area contributed by atoms with Crippen molar-refractivity contribution in [1.82, 2.24) is 10.2 Å². The maximum atomic E-state index is 13.9. The Bertz CT molecular complexity index is 717. The van der Waals surface area contributed by atoms with Crippen molar-refractivity contribution in [3.8, 4) is 11.1 Å². The standard InChI is InChI=1S/C20H22F2N2/c1-15(8-11-24-12-9-23-10-13-24)16-2-4-17(5-3-16)19-7-6-18(21)14-20(19)22/h2-8,14,23H,9-13H2,1H3. The first kappa shape index (κ1) is 16.8. The molecular weight excluding hydrogens is 306 g/mol. The molecule has 1 saturated heterocycles. The second kappa shape index (κ2) is 7.69.